The topological polar surface area (TPSA) is 34.1 Å². The molecule has 0 spiro atoms. The Balaban J connectivity index is 0.00000280. The number of nitrogens with zero attached hydrogens (tertiary/aromatic N) is 4. The number of halogens is 1. The number of aliphatic imine (C=N–C) groups is 1. The van der Waals surface area contributed by atoms with Crippen molar-refractivity contribution in [1.82, 2.24) is 15.1 Å². The Morgan fingerprint density at radius 3 is 2.46 bits per heavy atom. The van der Waals surface area contributed by atoms with Crippen LogP contribution in [0.2, 0.25) is 0 Å². The first-order chi connectivity index (χ1) is 13.3. The lowest BCUT2D eigenvalue weighted by molar-refractivity contribution is 0.253. The van der Waals surface area contributed by atoms with Gasteiger partial charge >= 0.3 is 0 Å². The zero-order valence-corrected chi connectivity index (χ0v) is 20.0. The highest BCUT2D eigenvalue weighted by atomic mass is 127. The first-order valence-electron chi connectivity index (χ1n) is 10.8. The molecule has 2 heterocycles. The summed E-state index contributed by atoms with van der Waals surface area (Å²) in [5.74, 6) is 1.13. The zero-order valence-electron chi connectivity index (χ0n) is 17.7. The molecule has 3 rings (SSSR count). The summed E-state index contributed by atoms with van der Waals surface area (Å²) in [5, 5.41) is 3.45. The third-order valence-corrected chi connectivity index (χ3v) is 5.62. The predicted molar refractivity (Wildman–Crippen MR) is 131 cm³/mol. The average Bonchev–Trinajstić information content (AvgIpc) is 3.22. The molecule has 1 aromatic rings. The third-order valence-electron chi connectivity index (χ3n) is 5.62. The molecule has 158 valence electrons. The summed E-state index contributed by atoms with van der Waals surface area (Å²) in [4.78, 5) is 12.4. The number of rotatable bonds is 7. The fourth-order valence-electron chi connectivity index (χ4n) is 4.04. The molecular weight excluding hydrogens is 461 g/mol. The number of unbranched alkanes of at least 4 members (excludes halogenated alkanes) is 1. The van der Waals surface area contributed by atoms with Gasteiger partial charge in [0, 0.05) is 58.0 Å². The maximum absolute atomic E-state index is 4.84. The maximum atomic E-state index is 4.84. The van der Waals surface area contributed by atoms with E-state index in [1.807, 2.05) is 0 Å². The maximum Gasteiger partial charge on any atom is 0.193 e. The molecule has 0 unspecified atom stereocenters. The van der Waals surface area contributed by atoms with E-state index in [1.54, 1.807) is 0 Å². The number of piperazine rings is 1. The fraction of sp³-hybridized carbons (Fsp3) is 0.682. The molecular formula is C22H38IN5. The molecule has 6 heteroatoms. The SMILES string of the molecule is CCNC(=NCCCCN1CCN(c2cccc(C)c2)CC1)N1CCCC1.I. The van der Waals surface area contributed by atoms with Crippen molar-refractivity contribution in [1.29, 1.82) is 0 Å². The van der Waals surface area contributed by atoms with E-state index in [-0.39, 0.29) is 24.0 Å². The van der Waals surface area contributed by atoms with Gasteiger partial charge in [0.2, 0.25) is 0 Å². The van der Waals surface area contributed by atoms with Crippen LogP contribution in [0.5, 0.6) is 0 Å². The van der Waals surface area contributed by atoms with Crippen LogP contribution in [-0.2, 0) is 0 Å². The molecule has 2 fully saturated rings. The lowest BCUT2D eigenvalue weighted by Crippen LogP contribution is -2.46. The zero-order chi connectivity index (χ0) is 18.9. The van der Waals surface area contributed by atoms with E-state index in [9.17, 15) is 0 Å². The van der Waals surface area contributed by atoms with Gasteiger partial charge in [-0.25, -0.2) is 0 Å². The summed E-state index contributed by atoms with van der Waals surface area (Å²) in [6.07, 6.45) is 5.03. The molecule has 0 amide bonds. The number of anilines is 1. The van der Waals surface area contributed by atoms with E-state index in [4.69, 9.17) is 4.99 Å². The number of guanidine groups is 1. The van der Waals surface area contributed by atoms with Crippen LogP contribution >= 0.6 is 24.0 Å². The van der Waals surface area contributed by atoms with Gasteiger partial charge in [-0.2, -0.15) is 0 Å². The summed E-state index contributed by atoms with van der Waals surface area (Å²) in [6, 6.07) is 8.88. The number of hydrogen-bond donors (Lipinski definition) is 1. The molecule has 0 atom stereocenters. The highest BCUT2D eigenvalue weighted by Crippen LogP contribution is 2.18. The molecule has 28 heavy (non-hydrogen) atoms. The molecule has 2 aliphatic rings. The lowest BCUT2D eigenvalue weighted by Gasteiger charge is -2.36. The summed E-state index contributed by atoms with van der Waals surface area (Å²) in [6.45, 7) is 14.4. The molecule has 2 aliphatic heterocycles. The van der Waals surface area contributed by atoms with E-state index < -0.39 is 0 Å². The van der Waals surface area contributed by atoms with E-state index in [0.717, 1.165) is 45.2 Å². The van der Waals surface area contributed by atoms with Gasteiger partial charge in [-0.1, -0.05) is 12.1 Å². The molecule has 0 bridgehead atoms. The minimum atomic E-state index is 0. The quantitative estimate of drug-likeness (QED) is 0.269. The van der Waals surface area contributed by atoms with Gasteiger partial charge in [-0.15, -0.1) is 24.0 Å². The Kier molecular flexibility index (Phi) is 10.4. The van der Waals surface area contributed by atoms with Crippen LogP contribution < -0.4 is 10.2 Å². The van der Waals surface area contributed by atoms with Crippen molar-refractivity contribution in [2.75, 3.05) is 63.8 Å². The standard InChI is InChI=1S/C22H37N5.HI/c1-3-23-22(27-13-6-7-14-27)24-11-4-5-12-25-15-17-26(18-16-25)21-10-8-9-20(2)19-21;/h8-10,19H,3-7,11-18H2,1-2H3,(H,23,24);1H. The highest BCUT2D eigenvalue weighted by molar-refractivity contribution is 14.0. The van der Waals surface area contributed by atoms with Gasteiger partial charge in [0.15, 0.2) is 5.96 Å². The molecule has 5 nitrogen and oxygen atoms in total. The first kappa shape index (κ1) is 23.3. The predicted octanol–water partition coefficient (Wildman–Crippen LogP) is 3.58. The van der Waals surface area contributed by atoms with Crippen molar-refractivity contribution in [2.45, 2.75) is 39.5 Å². The van der Waals surface area contributed by atoms with Gasteiger partial charge in [-0.05, 0) is 63.8 Å². The number of nitrogens with one attached hydrogen (secondary N) is 1. The average molecular weight is 499 g/mol. The Labute approximate surface area is 188 Å². The summed E-state index contributed by atoms with van der Waals surface area (Å²) >= 11 is 0. The van der Waals surface area contributed by atoms with Crippen LogP contribution in [0.15, 0.2) is 29.3 Å². The number of hydrogen-bond acceptors (Lipinski definition) is 3. The smallest absolute Gasteiger partial charge is 0.193 e. The number of aryl methyl sites for hydroxylation is 1. The van der Waals surface area contributed by atoms with Crippen molar-refractivity contribution < 1.29 is 0 Å². The van der Waals surface area contributed by atoms with Crippen LogP contribution in [0, 0.1) is 6.92 Å². The second-order valence-corrected chi connectivity index (χ2v) is 7.80. The molecule has 1 aromatic carbocycles. The first-order valence-corrected chi connectivity index (χ1v) is 10.8. The Morgan fingerprint density at radius 2 is 1.79 bits per heavy atom. The molecule has 0 saturated carbocycles. The lowest BCUT2D eigenvalue weighted by atomic mass is 10.2. The van der Waals surface area contributed by atoms with E-state index in [0.29, 0.717) is 0 Å². The van der Waals surface area contributed by atoms with Crippen molar-refractivity contribution in [3.63, 3.8) is 0 Å². The Morgan fingerprint density at radius 1 is 1.04 bits per heavy atom. The summed E-state index contributed by atoms with van der Waals surface area (Å²) in [7, 11) is 0. The van der Waals surface area contributed by atoms with Gasteiger partial charge in [0.25, 0.3) is 0 Å². The van der Waals surface area contributed by atoms with Crippen molar-refractivity contribution >= 4 is 35.6 Å². The van der Waals surface area contributed by atoms with Gasteiger partial charge in [0.1, 0.15) is 0 Å². The van der Waals surface area contributed by atoms with Crippen LogP contribution in [-0.4, -0.2) is 74.7 Å². The normalized spacial score (nSPS) is 18.3. The van der Waals surface area contributed by atoms with Gasteiger partial charge < -0.3 is 15.1 Å². The number of benzene rings is 1. The molecule has 0 radical (unpaired) electrons. The molecule has 0 aromatic heterocycles. The van der Waals surface area contributed by atoms with Crippen LogP contribution in [0.1, 0.15) is 38.2 Å². The largest absolute Gasteiger partial charge is 0.369 e. The number of likely N-dealkylation sites (tertiary alicyclic amines) is 1. The van der Waals surface area contributed by atoms with Crippen LogP contribution in [0.25, 0.3) is 0 Å². The molecule has 1 N–H and O–H groups in total. The van der Waals surface area contributed by atoms with Crippen molar-refractivity contribution in [3.8, 4) is 0 Å². The van der Waals surface area contributed by atoms with E-state index in [1.165, 1.54) is 56.6 Å². The highest BCUT2D eigenvalue weighted by Gasteiger charge is 2.17. The minimum absolute atomic E-state index is 0. The van der Waals surface area contributed by atoms with Crippen molar-refractivity contribution in [2.24, 2.45) is 4.99 Å². The second kappa shape index (κ2) is 12.5. The fourth-order valence-corrected chi connectivity index (χ4v) is 4.04. The van der Waals surface area contributed by atoms with E-state index >= 15 is 0 Å². The molecule has 0 aliphatic carbocycles. The second-order valence-electron chi connectivity index (χ2n) is 7.80. The molecule has 2 saturated heterocycles. The van der Waals surface area contributed by atoms with Gasteiger partial charge in [0.05, 0.1) is 0 Å². The minimum Gasteiger partial charge on any atom is -0.369 e. The third kappa shape index (κ3) is 7.10. The van der Waals surface area contributed by atoms with Crippen LogP contribution in [0.4, 0.5) is 5.69 Å². The summed E-state index contributed by atoms with van der Waals surface area (Å²) < 4.78 is 0. The monoisotopic (exact) mass is 499 g/mol. The van der Waals surface area contributed by atoms with E-state index in [2.05, 4.69) is 58.1 Å². The van der Waals surface area contributed by atoms with Crippen LogP contribution in [0.3, 0.4) is 0 Å². The Bertz CT molecular complexity index is 592. The van der Waals surface area contributed by atoms with Crippen molar-refractivity contribution in [3.05, 3.63) is 29.8 Å². The Hall–Kier alpha value is -1.02. The summed E-state index contributed by atoms with van der Waals surface area (Å²) in [5.41, 5.74) is 2.73. The van der Waals surface area contributed by atoms with Gasteiger partial charge in [-0.3, -0.25) is 9.89 Å².